The molecule has 5 nitrogen and oxygen atoms in total. The summed E-state index contributed by atoms with van der Waals surface area (Å²) in [5.74, 6) is 2.06. The zero-order valence-corrected chi connectivity index (χ0v) is 32.1. The van der Waals surface area contributed by atoms with Crippen molar-refractivity contribution in [2.75, 3.05) is 0 Å². The predicted molar refractivity (Wildman–Crippen MR) is 242 cm³/mol. The first-order valence-electron chi connectivity index (χ1n) is 19.6. The van der Waals surface area contributed by atoms with Crippen molar-refractivity contribution in [3.8, 4) is 39.6 Å². The third-order valence-corrected chi connectivity index (χ3v) is 12.6. The van der Waals surface area contributed by atoms with Gasteiger partial charge in [-0.3, -0.25) is 0 Å². The summed E-state index contributed by atoms with van der Waals surface area (Å²) in [7, 11) is 0. The van der Waals surface area contributed by atoms with Crippen LogP contribution in [0.25, 0.3) is 103 Å². The number of hydrogen-bond donors (Lipinski definition) is 0. The Morgan fingerprint density at radius 2 is 0.879 bits per heavy atom. The molecule has 4 aromatic heterocycles. The smallest absolute Gasteiger partial charge is 0.163 e. The van der Waals surface area contributed by atoms with Gasteiger partial charge in [-0.1, -0.05) is 127 Å². The maximum Gasteiger partial charge on any atom is 0.163 e. The SMILES string of the molecule is c1ccc(-c2nc(Cn3c4ccccc4c4cc(-c5ccc6c(c5)c5ccccc5n6-c5ccc6sc7ccccc7c6c5)ccc43)nc(-c3ccccc3)n2)cc1. The third-order valence-electron chi connectivity index (χ3n) is 11.4. The van der Waals surface area contributed by atoms with E-state index >= 15 is 0 Å². The van der Waals surface area contributed by atoms with E-state index in [1.54, 1.807) is 0 Å². The van der Waals surface area contributed by atoms with Gasteiger partial charge in [-0.2, -0.15) is 0 Å². The highest BCUT2D eigenvalue weighted by atomic mass is 32.1. The summed E-state index contributed by atoms with van der Waals surface area (Å²) < 4.78 is 7.40. The molecule has 0 unspecified atom stereocenters. The maximum absolute atomic E-state index is 5.04. The summed E-state index contributed by atoms with van der Waals surface area (Å²) in [6.45, 7) is 0.504. The molecule has 272 valence electrons. The number of fused-ring (bicyclic) bond motifs is 9. The van der Waals surface area contributed by atoms with E-state index in [1.807, 2.05) is 47.7 Å². The molecule has 12 aromatic rings. The van der Waals surface area contributed by atoms with Gasteiger partial charge in [-0.05, 0) is 71.8 Å². The summed E-state index contributed by atoms with van der Waals surface area (Å²) in [5.41, 5.74) is 10.2. The van der Waals surface area contributed by atoms with Crippen molar-refractivity contribution in [2.45, 2.75) is 6.54 Å². The van der Waals surface area contributed by atoms with Crippen molar-refractivity contribution in [1.82, 2.24) is 24.1 Å². The Balaban J connectivity index is 0.980. The first-order chi connectivity index (χ1) is 28.7. The number of para-hydroxylation sites is 2. The largest absolute Gasteiger partial charge is 0.333 e. The molecule has 8 aromatic carbocycles. The van der Waals surface area contributed by atoms with Crippen LogP contribution in [0.2, 0.25) is 0 Å². The summed E-state index contributed by atoms with van der Waals surface area (Å²) >= 11 is 1.86. The second-order valence-electron chi connectivity index (χ2n) is 14.8. The lowest BCUT2D eigenvalue weighted by atomic mass is 10.0. The lowest BCUT2D eigenvalue weighted by molar-refractivity contribution is 0.786. The molecule has 0 bridgehead atoms. The molecule has 0 fully saturated rings. The van der Waals surface area contributed by atoms with Crippen LogP contribution in [0.3, 0.4) is 0 Å². The van der Waals surface area contributed by atoms with E-state index in [2.05, 4.69) is 161 Å². The maximum atomic E-state index is 5.04. The zero-order chi connectivity index (χ0) is 38.2. The Labute approximate surface area is 337 Å². The number of aromatic nitrogens is 5. The number of nitrogens with zero attached hydrogens (tertiary/aromatic N) is 5. The van der Waals surface area contributed by atoms with Crippen LogP contribution >= 0.6 is 11.3 Å². The molecule has 12 rings (SSSR count). The Morgan fingerprint density at radius 3 is 1.59 bits per heavy atom. The third kappa shape index (κ3) is 5.26. The second kappa shape index (κ2) is 13.1. The lowest BCUT2D eigenvalue weighted by Crippen LogP contribution is -2.08. The molecule has 0 radical (unpaired) electrons. The van der Waals surface area contributed by atoms with Gasteiger partial charge in [0.1, 0.15) is 0 Å². The first-order valence-corrected chi connectivity index (χ1v) is 20.4. The number of thiophene rings is 1. The summed E-state index contributed by atoms with van der Waals surface area (Å²) in [6.07, 6.45) is 0. The average molecular weight is 760 g/mol. The molecule has 0 saturated carbocycles. The van der Waals surface area contributed by atoms with Gasteiger partial charge in [0, 0.05) is 69.6 Å². The van der Waals surface area contributed by atoms with Crippen LogP contribution in [0.1, 0.15) is 5.82 Å². The van der Waals surface area contributed by atoms with E-state index < -0.39 is 0 Å². The van der Waals surface area contributed by atoms with Gasteiger partial charge in [-0.25, -0.2) is 15.0 Å². The zero-order valence-electron chi connectivity index (χ0n) is 31.2. The minimum atomic E-state index is 0.504. The van der Waals surface area contributed by atoms with Crippen molar-refractivity contribution < 1.29 is 0 Å². The van der Waals surface area contributed by atoms with E-state index in [9.17, 15) is 0 Å². The Bertz CT molecular complexity index is 3490. The molecule has 58 heavy (non-hydrogen) atoms. The summed E-state index contributed by atoms with van der Waals surface area (Å²) in [6, 6.07) is 67.2. The van der Waals surface area contributed by atoms with Crippen LogP contribution in [-0.4, -0.2) is 24.1 Å². The molecule has 0 amide bonds. The van der Waals surface area contributed by atoms with Crippen molar-refractivity contribution in [3.05, 3.63) is 194 Å². The van der Waals surface area contributed by atoms with Crippen molar-refractivity contribution in [1.29, 1.82) is 0 Å². The fourth-order valence-corrected chi connectivity index (χ4v) is 9.84. The molecule has 0 spiro atoms. The van der Waals surface area contributed by atoms with Crippen molar-refractivity contribution in [2.24, 2.45) is 0 Å². The van der Waals surface area contributed by atoms with Crippen LogP contribution in [0.15, 0.2) is 188 Å². The van der Waals surface area contributed by atoms with Crippen molar-refractivity contribution >= 4 is 75.1 Å². The van der Waals surface area contributed by atoms with Gasteiger partial charge in [0.05, 0.1) is 17.6 Å². The van der Waals surface area contributed by atoms with E-state index in [0.717, 1.165) is 22.2 Å². The fourth-order valence-electron chi connectivity index (χ4n) is 8.75. The predicted octanol–water partition coefficient (Wildman–Crippen LogP) is 13.5. The summed E-state index contributed by atoms with van der Waals surface area (Å²) in [5, 5.41) is 7.50. The van der Waals surface area contributed by atoms with Crippen LogP contribution in [0.5, 0.6) is 0 Å². The molecule has 0 saturated heterocycles. The molecule has 0 aliphatic carbocycles. The lowest BCUT2D eigenvalue weighted by Gasteiger charge is -2.11. The number of benzene rings is 8. The van der Waals surface area contributed by atoms with Gasteiger partial charge >= 0.3 is 0 Å². The minimum absolute atomic E-state index is 0.504. The van der Waals surface area contributed by atoms with Gasteiger partial charge in [0.25, 0.3) is 0 Å². The highest BCUT2D eigenvalue weighted by Crippen LogP contribution is 2.40. The molecule has 0 atom stereocenters. The molecular weight excluding hydrogens is 727 g/mol. The van der Waals surface area contributed by atoms with Gasteiger partial charge in [-0.15, -0.1) is 11.3 Å². The highest BCUT2D eigenvalue weighted by molar-refractivity contribution is 7.25. The van der Waals surface area contributed by atoms with Crippen molar-refractivity contribution in [3.63, 3.8) is 0 Å². The first kappa shape index (κ1) is 32.8. The quantitative estimate of drug-likeness (QED) is 0.170. The van der Waals surface area contributed by atoms with Crippen LogP contribution < -0.4 is 0 Å². The Kier molecular flexibility index (Phi) is 7.40. The van der Waals surface area contributed by atoms with Crippen LogP contribution in [0.4, 0.5) is 0 Å². The normalized spacial score (nSPS) is 11.9. The van der Waals surface area contributed by atoms with E-state index in [4.69, 9.17) is 15.0 Å². The summed E-state index contributed by atoms with van der Waals surface area (Å²) in [4.78, 5) is 15.0. The Morgan fingerprint density at radius 1 is 0.362 bits per heavy atom. The fraction of sp³-hybridized carbons (Fsp3) is 0.0192. The van der Waals surface area contributed by atoms with E-state index in [0.29, 0.717) is 24.0 Å². The highest BCUT2D eigenvalue weighted by Gasteiger charge is 2.18. The second-order valence-corrected chi connectivity index (χ2v) is 15.9. The standard InChI is InChI=1S/C52H33N5S/c1-3-13-33(14-4-1)51-53-50(54-52(55-51)34-15-5-2-6-16-34)32-56-44-20-10-7-17-38(44)41-29-35(23-26-45(41)56)36-24-27-47-42(30-36)39-18-8-11-21-46(39)57(47)37-25-28-49-43(31-37)40-19-9-12-22-48(40)58-49/h1-31H,32H2. The van der Waals surface area contributed by atoms with E-state index in [-0.39, 0.29) is 0 Å². The number of hydrogen-bond acceptors (Lipinski definition) is 4. The molecule has 0 N–H and O–H groups in total. The topological polar surface area (TPSA) is 48.5 Å². The molecule has 6 heteroatoms. The Hall–Kier alpha value is -7.41. The molecular formula is C52H33N5S. The molecule has 0 aliphatic heterocycles. The van der Waals surface area contributed by atoms with E-state index in [1.165, 1.54) is 69.6 Å². The minimum Gasteiger partial charge on any atom is -0.333 e. The van der Waals surface area contributed by atoms with Crippen LogP contribution in [-0.2, 0) is 6.54 Å². The molecule has 0 aliphatic rings. The monoisotopic (exact) mass is 759 g/mol. The van der Waals surface area contributed by atoms with Gasteiger partial charge < -0.3 is 9.13 Å². The average Bonchev–Trinajstić information content (AvgIpc) is 3.94. The van der Waals surface area contributed by atoms with Crippen LogP contribution in [0, 0.1) is 0 Å². The number of rotatable bonds is 6. The van der Waals surface area contributed by atoms with Gasteiger partial charge in [0.2, 0.25) is 0 Å². The molecule has 4 heterocycles. The van der Waals surface area contributed by atoms with Gasteiger partial charge in [0.15, 0.2) is 17.5 Å².